The molecule has 0 bridgehead atoms. The predicted molar refractivity (Wildman–Crippen MR) is 116 cm³/mol. The highest BCUT2D eigenvalue weighted by Gasteiger charge is 2.26. The standard InChI is InChI=1S/C24H37NO5/c1-24(2,3)30-23(28)25-15-19-11-9-18(10-12-19)13-21(16-26)14-22(27)29-17-20-7-5-4-6-8-20/h4-8,18-19,21,26H,9-17H2,1-3H3,(H,25,28)/t18?,19?,21-/m1/s1. The molecule has 0 radical (unpaired) electrons. The van der Waals surface area contributed by atoms with Crippen LogP contribution in [0.1, 0.15) is 64.9 Å². The molecule has 0 aliphatic heterocycles. The summed E-state index contributed by atoms with van der Waals surface area (Å²) in [7, 11) is 0. The Morgan fingerprint density at radius 3 is 2.33 bits per heavy atom. The Morgan fingerprint density at radius 1 is 1.10 bits per heavy atom. The lowest BCUT2D eigenvalue weighted by molar-refractivity contribution is -0.146. The van der Waals surface area contributed by atoms with Crippen LogP contribution in [-0.2, 0) is 20.9 Å². The van der Waals surface area contributed by atoms with Gasteiger partial charge in [-0.3, -0.25) is 4.79 Å². The molecule has 1 amide bonds. The maximum absolute atomic E-state index is 12.1. The predicted octanol–water partition coefficient (Wildman–Crippen LogP) is 4.45. The number of carbonyl (C=O) groups is 2. The van der Waals surface area contributed by atoms with Crippen LogP contribution in [0.5, 0.6) is 0 Å². The van der Waals surface area contributed by atoms with E-state index in [2.05, 4.69) is 5.32 Å². The highest BCUT2D eigenvalue weighted by molar-refractivity contribution is 5.69. The zero-order valence-corrected chi connectivity index (χ0v) is 18.6. The summed E-state index contributed by atoms with van der Waals surface area (Å²) in [5.41, 5.74) is 0.480. The number of benzene rings is 1. The van der Waals surface area contributed by atoms with E-state index in [4.69, 9.17) is 9.47 Å². The molecule has 1 aliphatic carbocycles. The number of alkyl carbamates (subject to hydrolysis) is 1. The Morgan fingerprint density at radius 2 is 1.73 bits per heavy atom. The minimum Gasteiger partial charge on any atom is -0.461 e. The summed E-state index contributed by atoms with van der Waals surface area (Å²) in [5, 5.41) is 12.6. The van der Waals surface area contributed by atoms with Gasteiger partial charge in [-0.15, -0.1) is 0 Å². The van der Waals surface area contributed by atoms with Gasteiger partial charge in [0.05, 0.1) is 6.42 Å². The fraction of sp³-hybridized carbons (Fsp3) is 0.667. The molecule has 0 saturated heterocycles. The van der Waals surface area contributed by atoms with Gasteiger partial charge in [0.15, 0.2) is 0 Å². The maximum Gasteiger partial charge on any atom is 0.407 e. The molecule has 0 spiro atoms. The fourth-order valence-corrected chi connectivity index (χ4v) is 3.94. The van der Waals surface area contributed by atoms with Crippen LogP contribution < -0.4 is 5.32 Å². The zero-order valence-electron chi connectivity index (χ0n) is 18.6. The number of nitrogens with one attached hydrogen (secondary N) is 1. The van der Waals surface area contributed by atoms with Crippen molar-refractivity contribution < 1.29 is 24.2 Å². The average Bonchev–Trinajstić information content (AvgIpc) is 2.71. The molecule has 2 N–H and O–H groups in total. The van der Waals surface area contributed by atoms with Crippen LogP contribution in [0.3, 0.4) is 0 Å². The van der Waals surface area contributed by atoms with Crippen molar-refractivity contribution in [2.45, 2.75) is 71.5 Å². The Balaban J connectivity index is 1.64. The van der Waals surface area contributed by atoms with Gasteiger partial charge in [-0.05, 0) is 63.4 Å². The van der Waals surface area contributed by atoms with E-state index in [1.807, 2.05) is 51.1 Å². The monoisotopic (exact) mass is 419 g/mol. The van der Waals surface area contributed by atoms with E-state index in [1.54, 1.807) is 0 Å². The lowest BCUT2D eigenvalue weighted by Gasteiger charge is -2.30. The number of amides is 1. The molecule has 1 atom stereocenters. The quantitative estimate of drug-likeness (QED) is 0.578. The first-order valence-corrected chi connectivity index (χ1v) is 11.0. The van der Waals surface area contributed by atoms with Crippen molar-refractivity contribution in [2.24, 2.45) is 17.8 Å². The number of hydrogen-bond donors (Lipinski definition) is 2. The zero-order chi connectivity index (χ0) is 22.0. The normalized spacial score (nSPS) is 20.3. The van der Waals surface area contributed by atoms with Gasteiger partial charge in [-0.2, -0.15) is 0 Å². The van der Waals surface area contributed by atoms with Gasteiger partial charge in [0.2, 0.25) is 0 Å². The Kier molecular flexibility index (Phi) is 9.63. The third-order valence-corrected chi connectivity index (χ3v) is 5.52. The number of rotatable bonds is 9. The first kappa shape index (κ1) is 24.2. The molecule has 0 heterocycles. The van der Waals surface area contributed by atoms with Crippen LogP contribution in [0.15, 0.2) is 30.3 Å². The molecule has 6 nitrogen and oxygen atoms in total. The largest absolute Gasteiger partial charge is 0.461 e. The summed E-state index contributed by atoms with van der Waals surface area (Å²) in [6.45, 7) is 6.47. The van der Waals surface area contributed by atoms with Crippen LogP contribution in [0.4, 0.5) is 4.79 Å². The van der Waals surface area contributed by atoms with Crippen molar-refractivity contribution in [1.29, 1.82) is 0 Å². The Hall–Kier alpha value is -2.08. The van der Waals surface area contributed by atoms with E-state index in [-0.39, 0.29) is 37.6 Å². The SMILES string of the molecule is CC(C)(C)OC(=O)NCC1CCC(C[C@@H](CO)CC(=O)OCc2ccccc2)CC1. The smallest absolute Gasteiger partial charge is 0.407 e. The molecule has 0 aromatic heterocycles. The van der Waals surface area contributed by atoms with Crippen LogP contribution in [0, 0.1) is 17.8 Å². The summed E-state index contributed by atoms with van der Waals surface area (Å²) in [6.07, 6.45) is 4.91. The van der Waals surface area contributed by atoms with E-state index < -0.39 is 5.60 Å². The molecule has 1 saturated carbocycles. The van der Waals surface area contributed by atoms with E-state index in [0.717, 1.165) is 37.7 Å². The molecule has 1 aromatic carbocycles. The van der Waals surface area contributed by atoms with Crippen molar-refractivity contribution in [3.63, 3.8) is 0 Å². The Bertz CT molecular complexity index is 647. The molecular weight excluding hydrogens is 382 g/mol. The van der Waals surface area contributed by atoms with Crippen LogP contribution >= 0.6 is 0 Å². The fourth-order valence-electron chi connectivity index (χ4n) is 3.94. The third kappa shape index (κ3) is 9.61. The first-order chi connectivity index (χ1) is 14.2. The lowest BCUT2D eigenvalue weighted by atomic mass is 9.77. The second-order valence-electron chi connectivity index (χ2n) is 9.40. The van der Waals surface area contributed by atoms with Crippen LogP contribution in [-0.4, -0.2) is 35.9 Å². The molecule has 1 aliphatic rings. The van der Waals surface area contributed by atoms with Crippen molar-refractivity contribution in [3.05, 3.63) is 35.9 Å². The van der Waals surface area contributed by atoms with E-state index in [0.29, 0.717) is 18.4 Å². The van der Waals surface area contributed by atoms with E-state index in [1.165, 1.54) is 0 Å². The number of esters is 1. The molecule has 1 fully saturated rings. The van der Waals surface area contributed by atoms with E-state index >= 15 is 0 Å². The van der Waals surface area contributed by atoms with Crippen molar-refractivity contribution in [1.82, 2.24) is 5.32 Å². The van der Waals surface area contributed by atoms with Gasteiger partial charge in [-0.25, -0.2) is 4.79 Å². The van der Waals surface area contributed by atoms with Crippen molar-refractivity contribution >= 4 is 12.1 Å². The minimum absolute atomic E-state index is 0.000561. The number of ether oxygens (including phenoxy) is 2. The number of aliphatic hydroxyl groups is 1. The van der Waals surface area contributed by atoms with Crippen molar-refractivity contribution in [3.8, 4) is 0 Å². The van der Waals surface area contributed by atoms with Crippen molar-refractivity contribution in [2.75, 3.05) is 13.2 Å². The maximum atomic E-state index is 12.1. The average molecular weight is 420 g/mol. The van der Waals surface area contributed by atoms with E-state index in [9.17, 15) is 14.7 Å². The summed E-state index contributed by atoms with van der Waals surface area (Å²) >= 11 is 0. The molecule has 6 heteroatoms. The van der Waals surface area contributed by atoms with Gasteiger partial charge in [0.1, 0.15) is 12.2 Å². The van der Waals surface area contributed by atoms with Gasteiger partial charge < -0.3 is 19.9 Å². The minimum atomic E-state index is -0.483. The molecular formula is C24H37NO5. The molecule has 30 heavy (non-hydrogen) atoms. The van der Waals surface area contributed by atoms with Gasteiger partial charge >= 0.3 is 12.1 Å². The first-order valence-electron chi connectivity index (χ1n) is 11.0. The highest BCUT2D eigenvalue weighted by Crippen LogP contribution is 2.33. The summed E-state index contributed by atoms with van der Waals surface area (Å²) < 4.78 is 10.6. The van der Waals surface area contributed by atoms with Gasteiger partial charge in [0, 0.05) is 13.2 Å². The van der Waals surface area contributed by atoms with Gasteiger partial charge in [-0.1, -0.05) is 43.2 Å². The molecule has 1 aromatic rings. The number of carbonyl (C=O) groups excluding carboxylic acids is 2. The molecule has 0 unspecified atom stereocenters. The second-order valence-corrected chi connectivity index (χ2v) is 9.40. The second kappa shape index (κ2) is 11.9. The van der Waals surface area contributed by atoms with Crippen LogP contribution in [0.2, 0.25) is 0 Å². The lowest BCUT2D eigenvalue weighted by Crippen LogP contribution is -2.36. The molecule has 168 valence electrons. The number of hydrogen-bond acceptors (Lipinski definition) is 5. The topological polar surface area (TPSA) is 84.9 Å². The highest BCUT2D eigenvalue weighted by atomic mass is 16.6. The van der Waals surface area contributed by atoms with Gasteiger partial charge in [0.25, 0.3) is 0 Å². The number of aliphatic hydroxyl groups excluding tert-OH is 1. The summed E-state index contributed by atoms with van der Waals surface area (Å²) in [5.74, 6) is 0.641. The molecule has 2 rings (SSSR count). The Labute approximate surface area is 180 Å². The third-order valence-electron chi connectivity index (χ3n) is 5.52. The summed E-state index contributed by atoms with van der Waals surface area (Å²) in [4.78, 5) is 23.9. The summed E-state index contributed by atoms with van der Waals surface area (Å²) in [6, 6.07) is 9.60. The van der Waals surface area contributed by atoms with Crippen LogP contribution in [0.25, 0.3) is 0 Å².